The van der Waals surface area contributed by atoms with Gasteiger partial charge in [-0.3, -0.25) is 4.79 Å². The third kappa shape index (κ3) is 4.54. The molecule has 1 fully saturated rings. The van der Waals surface area contributed by atoms with Crippen molar-refractivity contribution in [2.75, 3.05) is 13.1 Å². The number of carbonyl (C=O) groups is 1. The van der Waals surface area contributed by atoms with Crippen LogP contribution in [-0.2, 0) is 23.1 Å². The molecule has 0 radical (unpaired) electrons. The summed E-state index contributed by atoms with van der Waals surface area (Å²) >= 11 is 0. The van der Waals surface area contributed by atoms with Gasteiger partial charge in [0, 0.05) is 18.5 Å². The summed E-state index contributed by atoms with van der Waals surface area (Å²) in [4.78, 5) is 19.2. The molecule has 3 rings (SSSR count). The molecule has 0 spiro atoms. The Kier molecular flexibility index (Phi) is 5.49. The van der Waals surface area contributed by atoms with Gasteiger partial charge < -0.3 is 9.32 Å². The Morgan fingerprint density at radius 3 is 2.42 bits per heavy atom. The van der Waals surface area contributed by atoms with Gasteiger partial charge in [-0.1, -0.05) is 51.1 Å². The van der Waals surface area contributed by atoms with E-state index in [1.807, 2.05) is 11.8 Å². The number of likely N-dealkylation sites (tertiary alicyclic amines) is 1. The maximum absolute atomic E-state index is 12.7. The number of benzene rings is 1. The maximum Gasteiger partial charge on any atom is 0.230 e. The zero-order chi connectivity index (χ0) is 18.7. The van der Waals surface area contributed by atoms with Gasteiger partial charge in [0.2, 0.25) is 5.91 Å². The number of aromatic nitrogens is 1. The molecule has 4 nitrogen and oxygen atoms in total. The molecule has 1 saturated heterocycles. The van der Waals surface area contributed by atoms with Gasteiger partial charge in [0.05, 0.1) is 12.1 Å². The van der Waals surface area contributed by atoms with Crippen LogP contribution in [0.5, 0.6) is 0 Å². The molecule has 1 aliphatic rings. The van der Waals surface area contributed by atoms with Crippen LogP contribution in [0.4, 0.5) is 0 Å². The van der Waals surface area contributed by atoms with E-state index in [1.165, 1.54) is 5.56 Å². The lowest BCUT2D eigenvalue weighted by Gasteiger charge is -2.32. The fourth-order valence-electron chi connectivity index (χ4n) is 3.50. The van der Waals surface area contributed by atoms with E-state index in [0.717, 1.165) is 38.0 Å². The van der Waals surface area contributed by atoms with Gasteiger partial charge in [-0.05, 0) is 37.7 Å². The average molecular weight is 354 g/mol. The Hall–Kier alpha value is -2.10. The van der Waals surface area contributed by atoms with Crippen LogP contribution in [0.25, 0.3) is 0 Å². The number of carbonyl (C=O) groups excluding carboxylic acids is 1. The minimum Gasteiger partial charge on any atom is -0.444 e. The highest BCUT2D eigenvalue weighted by Gasteiger charge is 2.26. The monoisotopic (exact) mass is 354 g/mol. The Morgan fingerprint density at radius 2 is 1.85 bits per heavy atom. The Labute approximate surface area is 156 Å². The molecule has 1 aliphatic heterocycles. The number of rotatable bonds is 4. The Bertz CT molecular complexity index is 735. The molecule has 0 aliphatic carbocycles. The first kappa shape index (κ1) is 18.7. The molecule has 2 heterocycles. The summed E-state index contributed by atoms with van der Waals surface area (Å²) in [5, 5.41) is 0. The lowest BCUT2D eigenvalue weighted by Crippen LogP contribution is -2.39. The summed E-state index contributed by atoms with van der Waals surface area (Å²) in [5.41, 5.74) is 2.09. The lowest BCUT2D eigenvalue weighted by atomic mass is 9.90. The Morgan fingerprint density at radius 1 is 1.19 bits per heavy atom. The second-order valence-electron chi connectivity index (χ2n) is 8.47. The van der Waals surface area contributed by atoms with E-state index in [9.17, 15) is 4.79 Å². The van der Waals surface area contributed by atoms with Crippen LogP contribution in [-0.4, -0.2) is 28.9 Å². The molecular weight excluding hydrogens is 324 g/mol. The number of hydrogen-bond acceptors (Lipinski definition) is 3. The van der Waals surface area contributed by atoms with Crippen LogP contribution in [0.15, 0.2) is 34.7 Å². The molecule has 0 unspecified atom stereocenters. The molecule has 1 amide bonds. The third-order valence-electron chi connectivity index (χ3n) is 5.18. The first-order valence-electron chi connectivity index (χ1n) is 9.61. The van der Waals surface area contributed by atoms with Gasteiger partial charge in [-0.15, -0.1) is 0 Å². The van der Waals surface area contributed by atoms with Gasteiger partial charge in [0.15, 0.2) is 5.89 Å². The molecule has 26 heavy (non-hydrogen) atoms. The minimum absolute atomic E-state index is 0.137. The summed E-state index contributed by atoms with van der Waals surface area (Å²) in [6.07, 6.45) is 3.57. The quantitative estimate of drug-likeness (QED) is 0.822. The normalized spacial score (nSPS) is 16.1. The van der Waals surface area contributed by atoms with Crippen LogP contribution in [0, 0.1) is 12.8 Å². The summed E-state index contributed by atoms with van der Waals surface area (Å²) < 4.78 is 5.88. The van der Waals surface area contributed by atoms with Crippen molar-refractivity contribution >= 4 is 5.91 Å². The van der Waals surface area contributed by atoms with Crippen molar-refractivity contribution in [1.29, 1.82) is 0 Å². The van der Waals surface area contributed by atoms with E-state index in [-0.39, 0.29) is 11.3 Å². The van der Waals surface area contributed by atoms with E-state index in [1.54, 1.807) is 0 Å². The highest BCUT2D eigenvalue weighted by atomic mass is 16.4. The van der Waals surface area contributed by atoms with E-state index in [4.69, 9.17) is 4.42 Å². The Balaban J connectivity index is 1.53. The van der Waals surface area contributed by atoms with E-state index < -0.39 is 0 Å². The standard InChI is InChI=1S/C22H30N2O2/c1-16-19(26-21(23-16)22(2,3)4)15-20(25)24-12-10-18(11-13-24)14-17-8-6-5-7-9-17/h5-9,18H,10-15H2,1-4H3. The predicted molar refractivity (Wildman–Crippen MR) is 103 cm³/mol. The molecule has 1 aromatic carbocycles. The summed E-state index contributed by atoms with van der Waals surface area (Å²) in [5.74, 6) is 2.24. The SMILES string of the molecule is Cc1nc(C(C)(C)C)oc1CC(=O)N1CCC(Cc2ccccc2)CC1. The number of oxazole rings is 1. The first-order chi connectivity index (χ1) is 12.3. The highest BCUT2D eigenvalue weighted by molar-refractivity contribution is 5.78. The van der Waals surface area contributed by atoms with Crippen molar-refractivity contribution in [2.45, 2.75) is 58.8 Å². The van der Waals surface area contributed by atoms with Gasteiger partial charge in [0.25, 0.3) is 0 Å². The molecule has 0 N–H and O–H groups in total. The van der Waals surface area contributed by atoms with Crippen molar-refractivity contribution in [3.05, 3.63) is 53.2 Å². The number of nitrogens with zero attached hydrogens (tertiary/aromatic N) is 2. The predicted octanol–water partition coefficient (Wildman–Crippen LogP) is 4.30. The third-order valence-corrected chi connectivity index (χ3v) is 5.18. The molecule has 0 atom stereocenters. The lowest BCUT2D eigenvalue weighted by molar-refractivity contribution is -0.132. The molecule has 1 aromatic heterocycles. The second kappa shape index (κ2) is 7.65. The van der Waals surface area contributed by atoms with Crippen LogP contribution < -0.4 is 0 Å². The zero-order valence-corrected chi connectivity index (χ0v) is 16.4. The van der Waals surface area contributed by atoms with Crippen LogP contribution in [0.3, 0.4) is 0 Å². The highest BCUT2D eigenvalue weighted by Crippen LogP contribution is 2.25. The number of amides is 1. The molecule has 140 valence electrons. The summed E-state index contributed by atoms with van der Waals surface area (Å²) in [7, 11) is 0. The average Bonchev–Trinajstić information content (AvgIpc) is 2.97. The van der Waals surface area contributed by atoms with Crippen LogP contribution in [0.2, 0.25) is 0 Å². The number of aryl methyl sites for hydroxylation is 1. The number of hydrogen-bond donors (Lipinski definition) is 0. The molecule has 0 saturated carbocycles. The van der Waals surface area contributed by atoms with Crippen molar-refractivity contribution in [3.8, 4) is 0 Å². The fraction of sp³-hybridized carbons (Fsp3) is 0.545. The maximum atomic E-state index is 12.7. The largest absolute Gasteiger partial charge is 0.444 e. The molecular formula is C22H30N2O2. The molecule has 4 heteroatoms. The minimum atomic E-state index is -0.137. The molecule has 2 aromatic rings. The van der Waals surface area contributed by atoms with Crippen LogP contribution in [0.1, 0.15) is 56.5 Å². The molecule has 0 bridgehead atoms. The van der Waals surface area contributed by atoms with Crippen LogP contribution >= 0.6 is 0 Å². The second-order valence-corrected chi connectivity index (χ2v) is 8.47. The van der Waals surface area contributed by atoms with Crippen molar-refractivity contribution in [1.82, 2.24) is 9.88 Å². The van der Waals surface area contributed by atoms with E-state index >= 15 is 0 Å². The summed E-state index contributed by atoms with van der Waals surface area (Å²) in [6.45, 7) is 9.82. The van der Waals surface area contributed by atoms with Gasteiger partial charge in [0.1, 0.15) is 5.76 Å². The number of piperidine rings is 1. The summed E-state index contributed by atoms with van der Waals surface area (Å²) in [6, 6.07) is 10.6. The topological polar surface area (TPSA) is 46.3 Å². The van der Waals surface area contributed by atoms with Gasteiger partial charge >= 0.3 is 0 Å². The van der Waals surface area contributed by atoms with Gasteiger partial charge in [-0.2, -0.15) is 0 Å². The van der Waals surface area contributed by atoms with E-state index in [0.29, 0.717) is 24.0 Å². The van der Waals surface area contributed by atoms with Crippen molar-refractivity contribution in [3.63, 3.8) is 0 Å². The first-order valence-corrected chi connectivity index (χ1v) is 9.61. The van der Waals surface area contributed by atoms with E-state index in [2.05, 4.69) is 56.1 Å². The smallest absolute Gasteiger partial charge is 0.230 e. The van der Waals surface area contributed by atoms with Gasteiger partial charge in [-0.25, -0.2) is 4.98 Å². The van der Waals surface area contributed by atoms with Crippen molar-refractivity contribution in [2.24, 2.45) is 5.92 Å². The fourth-order valence-corrected chi connectivity index (χ4v) is 3.50. The van der Waals surface area contributed by atoms with Crippen molar-refractivity contribution < 1.29 is 9.21 Å². The zero-order valence-electron chi connectivity index (χ0n) is 16.4.